The Morgan fingerprint density at radius 3 is 2.38 bits per heavy atom. The topological polar surface area (TPSA) is 9.23 Å². The molecule has 172 valence electrons. The Kier molecular flexibility index (Phi) is 6.81. The summed E-state index contributed by atoms with van der Waals surface area (Å²) in [6.45, 7) is 5.12. The third-order valence-corrected chi connectivity index (χ3v) is 6.95. The molecule has 0 saturated heterocycles. The predicted molar refractivity (Wildman–Crippen MR) is 144 cm³/mol. The summed E-state index contributed by atoms with van der Waals surface area (Å²) in [6, 6.07) is 30.9. The number of hydrogen-bond acceptors (Lipinski definition) is 1. The molecule has 0 unspecified atom stereocenters. The van der Waals surface area contributed by atoms with Gasteiger partial charge in [0.15, 0.2) is 0 Å². The highest BCUT2D eigenvalue weighted by molar-refractivity contribution is 6.03. The Labute approximate surface area is 204 Å². The molecule has 0 atom stereocenters. The highest BCUT2D eigenvalue weighted by Crippen LogP contribution is 2.45. The average Bonchev–Trinajstić information content (AvgIpc) is 3.24. The van der Waals surface area contributed by atoms with Crippen LogP contribution >= 0.6 is 0 Å². The van der Waals surface area contributed by atoms with Crippen molar-refractivity contribution in [2.75, 3.05) is 0 Å². The minimum absolute atomic E-state index is 0.575. The van der Waals surface area contributed by atoms with Gasteiger partial charge in [0.1, 0.15) is 12.4 Å². The average molecular weight is 447 g/mol. The maximum atomic E-state index is 6.55. The van der Waals surface area contributed by atoms with E-state index in [2.05, 4.69) is 98.8 Å². The van der Waals surface area contributed by atoms with Gasteiger partial charge in [-0.25, -0.2) is 0 Å². The van der Waals surface area contributed by atoms with Crippen molar-refractivity contribution in [2.45, 2.75) is 59.0 Å². The van der Waals surface area contributed by atoms with Gasteiger partial charge in [0, 0.05) is 5.56 Å². The number of allylic oxidation sites excluding steroid dienone is 1. The van der Waals surface area contributed by atoms with E-state index in [1.807, 2.05) is 0 Å². The standard InChI is InChI=1S/C33H34O/c1-3-5-12-24-17-19-30-27(21-24)18-20-31(34-23-25-13-7-6-8-14-25)33(30)32-28(11-4-2)22-26-15-9-10-16-29(26)32/h6-10,13-21H,3-5,11-12,22-23H2,1-2H3. The summed E-state index contributed by atoms with van der Waals surface area (Å²) in [5, 5.41) is 2.61. The molecule has 0 radical (unpaired) electrons. The van der Waals surface area contributed by atoms with Gasteiger partial charge in [0.2, 0.25) is 0 Å². The number of benzene rings is 4. The lowest BCUT2D eigenvalue weighted by molar-refractivity contribution is 0.306. The molecular weight excluding hydrogens is 412 g/mol. The molecule has 0 N–H and O–H groups in total. The predicted octanol–water partition coefficient (Wildman–Crippen LogP) is 8.92. The summed E-state index contributed by atoms with van der Waals surface area (Å²) in [4.78, 5) is 0. The smallest absolute Gasteiger partial charge is 0.128 e. The van der Waals surface area contributed by atoms with E-state index in [1.165, 1.54) is 62.6 Å². The van der Waals surface area contributed by atoms with Crippen LogP contribution in [-0.2, 0) is 19.4 Å². The molecule has 1 heteroatoms. The van der Waals surface area contributed by atoms with Crippen LogP contribution in [0.5, 0.6) is 5.75 Å². The summed E-state index contributed by atoms with van der Waals surface area (Å²) in [6.07, 6.45) is 6.91. The van der Waals surface area contributed by atoms with Gasteiger partial charge in [-0.2, -0.15) is 0 Å². The summed E-state index contributed by atoms with van der Waals surface area (Å²) in [5.41, 5.74) is 9.63. The van der Waals surface area contributed by atoms with Gasteiger partial charge >= 0.3 is 0 Å². The van der Waals surface area contributed by atoms with E-state index < -0.39 is 0 Å². The maximum Gasteiger partial charge on any atom is 0.128 e. The SMILES string of the molecule is CCCCc1ccc2c(C3=C(CCC)Cc4ccccc43)c(OCc3ccccc3)ccc2c1. The Morgan fingerprint density at radius 2 is 1.56 bits per heavy atom. The highest BCUT2D eigenvalue weighted by atomic mass is 16.5. The zero-order valence-electron chi connectivity index (χ0n) is 20.4. The number of ether oxygens (including phenoxy) is 1. The molecule has 0 aromatic heterocycles. The Bertz CT molecular complexity index is 1310. The molecule has 4 aromatic carbocycles. The van der Waals surface area contributed by atoms with Crippen molar-refractivity contribution in [1.29, 1.82) is 0 Å². The Balaban J connectivity index is 1.66. The zero-order valence-corrected chi connectivity index (χ0v) is 20.4. The zero-order chi connectivity index (χ0) is 23.3. The van der Waals surface area contributed by atoms with Gasteiger partial charge in [-0.3, -0.25) is 0 Å². The molecule has 0 saturated carbocycles. The number of hydrogen-bond donors (Lipinski definition) is 0. The van der Waals surface area contributed by atoms with Crippen molar-refractivity contribution in [1.82, 2.24) is 0 Å². The lowest BCUT2D eigenvalue weighted by Gasteiger charge is -2.18. The summed E-state index contributed by atoms with van der Waals surface area (Å²) in [5.74, 6) is 0.984. The first-order valence-electron chi connectivity index (χ1n) is 12.8. The fraction of sp³-hybridized carbons (Fsp3) is 0.273. The molecule has 5 rings (SSSR count). The van der Waals surface area contributed by atoms with Crippen molar-refractivity contribution in [3.63, 3.8) is 0 Å². The normalized spacial score (nSPS) is 12.9. The van der Waals surface area contributed by atoms with E-state index >= 15 is 0 Å². The fourth-order valence-corrected chi connectivity index (χ4v) is 5.26. The third-order valence-electron chi connectivity index (χ3n) is 6.95. The number of fused-ring (bicyclic) bond motifs is 2. The van der Waals surface area contributed by atoms with Gasteiger partial charge in [-0.05, 0) is 70.3 Å². The van der Waals surface area contributed by atoms with Crippen molar-refractivity contribution in [3.8, 4) is 5.75 Å². The Morgan fingerprint density at radius 1 is 0.735 bits per heavy atom. The van der Waals surface area contributed by atoms with Crippen LogP contribution in [0.25, 0.3) is 16.3 Å². The lowest BCUT2D eigenvalue weighted by atomic mass is 9.90. The fourth-order valence-electron chi connectivity index (χ4n) is 5.26. The molecule has 34 heavy (non-hydrogen) atoms. The van der Waals surface area contributed by atoms with Gasteiger partial charge < -0.3 is 4.74 Å². The molecule has 0 amide bonds. The first kappa shape index (κ1) is 22.5. The van der Waals surface area contributed by atoms with E-state index in [0.717, 1.165) is 31.4 Å². The largest absolute Gasteiger partial charge is 0.488 e. The number of rotatable bonds is 9. The molecule has 0 aliphatic heterocycles. The third kappa shape index (κ3) is 4.53. The van der Waals surface area contributed by atoms with Crippen LogP contribution in [-0.4, -0.2) is 0 Å². The quantitative estimate of drug-likeness (QED) is 0.249. The van der Waals surface area contributed by atoms with Crippen molar-refractivity contribution in [3.05, 3.63) is 118 Å². The van der Waals surface area contributed by atoms with Crippen LogP contribution in [0.3, 0.4) is 0 Å². The monoisotopic (exact) mass is 446 g/mol. The van der Waals surface area contributed by atoms with E-state index in [1.54, 1.807) is 0 Å². The minimum Gasteiger partial charge on any atom is -0.488 e. The van der Waals surface area contributed by atoms with Gasteiger partial charge in [0.05, 0.1) is 0 Å². The van der Waals surface area contributed by atoms with Gasteiger partial charge in [-0.15, -0.1) is 0 Å². The van der Waals surface area contributed by atoms with Gasteiger partial charge in [0.25, 0.3) is 0 Å². The van der Waals surface area contributed by atoms with Crippen LogP contribution in [0.4, 0.5) is 0 Å². The minimum atomic E-state index is 0.575. The second-order valence-corrected chi connectivity index (χ2v) is 9.43. The van der Waals surface area contributed by atoms with E-state index in [-0.39, 0.29) is 0 Å². The molecule has 1 nitrogen and oxygen atoms in total. The second kappa shape index (κ2) is 10.3. The second-order valence-electron chi connectivity index (χ2n) is 9.43. The molecule has 0 fully saturated rings. The van der Waals surface area contributed by atoms with Crippen molar-refractivity contribution >= 4 is 16.3 Å². The molecule has 1 aliphatic carbocycles. The number of aryl methyl sites for hydroxylation is 1. The van der Waals surface area contributed by atoms with Crippen LogP contribution < -0.4 is 4.74 Å². The van der Waals surface area contributed by atoms with Crippen LogP contribution in [0, 0.1) is 0 Å². The molecule has 0 spiro atoms. The lowest BCUT2D eigenvalue weighted by Crippen LogP contribution is -2.01. The van der Waals surface area contributed by atoms with Crippen molar-refractivity contribution < 1.29 is 4.74 Å². The number of unbranched alkanes of at least 4 members (excludes halogenated alkanes) is 1. The molecule has 4 aromatic rings. The summed E-state index contributed by atoms with van der Waals surface area (Å²) >= 11 is 0. The summed E-state index contributed by atoms with van der Waals surface area (Å²) in [7, 11) is 0. The molecule has 1 aliphatic rings. The summed E-state index contributed by atoms with van der Waals surface area (Å²) < 4.78 is 6.55. The van der Waals surface area contributed by atoms with Crippen LogP contribution in [0.15, 0.2) is 90.5 Å². The van der Waals surface area contributed by atoms with E-state index in [9.17, 15) is 0 Å². The maximum absolute atomic E-state index is 6.55. The molecule has 0 bridgehead atoms. The Hall–Kier alpha value is -3.32. The first-order valence-corrected chi connectivity index (χ1v) is 12.8. The van der Waals surface area contributed by atoms with E-state index in [4.69, 9.17) is 4.74 Å². The van der Waals surface area contributed by atoms with Crippen LogP contribution in [0.2, 0.25) is 0 Å². The highest BCUT2D eigenvalue weighted by Gasteiger charge is 2.26. The van der Waals surface area contributed by atoms with Crippen LogP contribution in [0.1, 0.15) is 67.3 Å². The van der Waals surface area contributed by atoms with Crippen molar-refractivity contribution in [2.24, 2.45) is 0 Å². The molecule has 0 heterocycles. The molecular formula is C33H34O. The van der Waals surface area contributed by atoms with Gasteiger partial charge in [-0.1, -0.05) is 111 Å². The van der Waals surface area contributed by atoms with E-state index in [0.29, 0.717) is 6.61 Å². The first-order chi connectivity index (χ1) is 16.8.